The second kappa shape index (κ2) is 8.39. The van der Waals surface area contributed by atoms with Crippen molar-refractivity contribution in [3.8, 4) is 5.75 Å². The Morgan fingerprint density at radius 1 is 1.44 bits per heavy atom. The smallest absolute Gasteiger partial charge is 0.119 e. The molecule has 0 amide bonds. The van der Waals surface area contributed by atoms with Gasteiger partial charge in [-0.05, 0) is 37.5 Å². The van der Waals surface area contributed by atoms with Gasteiger partial charge in [-0.25, -0.2) is 0 Å². The van der Waals surface area contributed by atoms with E-state index in [0.717, 1.165) is 24.2 Å². The van der Waals surface area contributed by atoms with Gasteiger partial charge in [-0.3, -0.25) is 0 Å². The van der Waals surface area contributed by atoms with E-state index in [-0.39, 0.29) is 25.1 Å². The summed E-state index contributed by atoms with van der Waals surface area (Å²) in [4.78, 5) is 0. The lowest BCUT2D eigenvalue weighted by atomic mass is 10.0. The topological polar surface area (TPSA) is 55.5 Å². The summed E-state index contributed by atoms with van der Waals surface area (Å²) in [5.41, 5.74) is 7.04. The maximum Gasteiger partial charge on any atom is 0.119 e. The van der Waals surface area contributed by atoms with Crippen LogP contribution < -0.4 is 10.5 Å². The minimum absolute atomic E-state index is 0. The lowest BCUT2D eigenvalue weighted by Crippen LogP contribution is -2.10. The molecule has 0 spiro atoms. The number of nitrogens with two attached hydrogens (primary N) is 1. The molecule has 0 aliphatic carbocycles. The molecule has 0 saturated heterocycles. The Hall–Kier alpha value is -0.770. The Bertz CT molecular complexity index is 294. The van der Waals surface area contributed by atoms with Gasteiger partial charge in [0, 0.05) is 12.6 Å². The SMILES string of the molecule is CCOc1cccc([C@H](N)CCCO)c1.Cl. The van der Waals surface area contributed by atoms with Gasteiger partial charge in [0.05, 0.1) is 6.61 Å². The van der Waals surface area contributed by atoms with Crippen molar-refractivity contribution in [3.63, 3.8) is 0 Å². The molecule has 16 heavy (non-hydrogen) atoms. The Kier molecular flexibility index (Phi) is 7.99. The summed E-state index contributed by atoms with van der Waals surface area (Å²) < 4.78 is 5.40. The molecule has 3 nitrogen and oxygen atoms in total. The standard InChI is InChI=1S/C12H19NO2.ClH/c1-2-15-11-6-3-5-10(9-11)12(13)7-4-8-14;/h3,5-6,9,12,14H,2,4,7-8,13H2,1H3;1H/t12-;/m1./s1. The zero-order valence-corrected chi connectivity index (χ0v) is 10.4. The minimum atomic E-state index is -0.0162. The number of ether oxygens (including phenoxy) is 1. The van der Waals surface area contributed by atoms with E-state index in [0.29, 0.717) is 6.61 Å². The molecule has 3 N–H and O–H groups in total. The molecular formula is C12H20ClNO2. The van der Waals surface area contributed by atoms with Crippen molar-refractivity contribution in [1.29, 1.82) is 0 Å². The Morgan fingerprint density at radius 3 is 2.81 bits per heavy atom. The van der Waals surface area contributed by atoms with Crippen molar-refractivity contribution < 1.29 is 9.84 Å². The van der Waals surface area contributed by atoms with Crippen molar-refractivity contribution >= 4 is 12.4 Å². The summed E-state index contributed by atoms with van der Waals surface area (Å²) in [7, 11) is 0. The molecule has 1 rings (SSSR count). The molecular weight excluding hydrogens is 226 g/mol. The lowest BCUT2D eigenvalue weighted by molar-refractivity contribution is 0.280. The first-order valence-corrected chi connectivity index (χ1v) is 5.37. The van der Waals surface area contributed by atoms with Gasteiger partial charge < -0.3 is 15.6 Å². The van der Waals surface area contributed by atoms with Gasteiger partial charge in [-0.2, -0.15) is 0 Å². The first-order chi connectivity index (χ1) is 7.27. The van der Waals surface area contributed by atoms with Crippen molar-refractivity contribution in [2.45, 2.75) is 25.8 Å². The van der Waals surface area contributed by atoms with Crippen LogP contribution in [0.15, 0.2) is 24.3 Å². The summed E-state index contributed by atoms with van der Waals surface area (Å²) in [5.74, 6) is 0.856. The third kappa shape index (κ3) is 4.84. The monoisotopic (exact) mass is 245 g/mol. The van der Waals surface area contributed by atoms with Crippen LogP contribution in [0.3, 0.4) is 0 Å². The van der Waals surface area contributed by atoms with Gasteiger partial charge in [-0.1, -0.05) is 12.1 Å². The lowest BCUT2D eigenvalue weighted by Gasteiger charge is -2.12. The molecule has 0 bridgehead atoms. The molecule has 1 atom stereocenters. The molecule has 0 radical (unpaired) electrons. The maximum absolute atomic E-state index is 8.72. The number of aliphatic hydroxyl groups excluding tert-OH is 1. The van der Waals surface area contributed by atoms with Crippen molar-refractivity contribution in [3.05, 3.63) is 29.8 Å². The molecule has 0 aromatic heterocycles. The van der Waals surface area contributed by atoms with E-state index in [1.807, 2.05) is 31.2 Å². The third-order valence-electron chi connectivity index (χ3n) is 2.27. The van der Waals surface area contributed by atoms with Crippen LogP contribution in [0.25, 0.3) is 0 Å². The third-order valence-corrected chi connectivity index (χ3v) is 2.27. The average Bonchev–Trinajstić information content (AvgIpc) is 2.27. The van der Waals surface area contributed by atoms with E-state index in [2.05, 4.69) is 0 Å². The summed E-state index contributed by atoms with van der Waals surface area (Å²) in [6.45, 7) is 2.81. The van der Waals surface area contributed by atoms with Crippen LogP contribution in [0.2, 0.25) is 0 Å². The second-order valence-corrected chi connectivity index (χ2v) is 3.48. The van der Waals surface area contributed by atoms with Crippen molar-refractivity contribution in [2.24, 2.45) is 5.73 Å². The van der Waals surface area contributed by atoms with Gasteiger partial charge >= 0.3 is 0 Å². The van der Waals surface area contributed by atoms with Crippen LogP contribution in [-0.2, 0) is 0 Å². The van der Waals surface area contributed by atoms with Crippen LogP contribution in [0.5, 0.6) is 5.75 Å². The highest BCUT2D eigenvalue weighted by molar-refractivity contribution is 5.85. The van der Waals surface area contributed by atoms with E-state index >= 15 is 0 Å². The molecule has 0 fully saturated rings. The zero-order chi connectivity index (χ0) is 11.1. The highest BCUT2D eigenvalue weighted by atomic mass is 35.5. The normalized spacial score (nSPS) is 11.7. The molecule has 0 heterocycles. The van der Waals surface area contributed by atoms with Gasteiger partial charge in [0.1, 0.15) is 5.75 Å². The molecule has 0 saturated carbocycles. The quantitative estimate of drug-likeness (QED) is 0.809. The average molecular weight is 246 g/mol. The van der Waals surface area contributed by atoms with Gasteiger partial charge in [0.2, 0.25) is 0 Å². The zero-order valence-electron chi connectivity index (χ0n) is 9.56. The van der Waals surface area contributed by atoms with Crippen LogP contribution in [0, 0.1) is 0 Å². The number of benzene rings is 1. The molecule has 1 aromatic carbocycles. The predicted molar refractivity (Wildman–Crippen MR) is 68.1 cm³/mol. The van der Waals surface area contributed by atoms with Crippen LogP contribution in [0.1, 0.15) is 31.4 Å². The number of halogens is 1. The van der Waals surface area contributed by atoms with Crippen LogP contribution >= 0.6 is 12.4 Å². The summed E-state index contributed by atoms with van der Waals surface area (Å²) in [6.07, 6.45) is 1.53. The highest BCUT2D eigenvalue weighted by Crippen LogP contribution is 2.20. The fourth-order valence-corrected chi connectivity index (χ4v) is 1.48. The van der Waals surface area contributed by atoms with Crippen LogP contribution in [-0.4, -0.2) is 18.3 Å². The fourth-order valence-electron chi connectivity index (χ4n) is 1.48. The molecule has 0 aliphatic heterocycles. The molecule has 0 aliphatic rings. The Balaban J connectivity index is 0.00000225. The Labute approximate surface area is 103 Å². The van der Waals surface area contributed by atoms with Crippen molar-refractivity contribution in [2.75, 3.05) is 13.2 Å². The number of hydrogen-bond donors (Lipinski definition) is 2. The van der Waals surface area contributed by atoms with Gasteiger partial charge in [0.25, 0.3) is 0 Å². The summed E-state index contributed by atoms with van der Waals surface area (Å²) in [6, 6.07) is 7.80. The fraction of sp³-hybridized carbons (Fsp3) is 0.500. The molecule has 92 valence electrons. The number of hydrogen-bond acceptors (Lipinski definition) is 3. The molecule has 1 aromatic rings. The van der Waals surface area contributed by atoms with E-state index in [9.17, 15) is 0 Å². The predicted octanol–water partition coefficient (Wildman–Crippen LogP) is 2.28. The highest BCUT2D eigenvalue weighted by Gasteiger charge is 2.06. The van der Waals surface area contributed by atoms with E-state index in [1.165, 1.54) is 0 Å². The van der Waals surface area contributed by atoms with Gasteiger partial charge in [-0.15, -0.1) is 12.4 Å². The van der Waals surface area contributed by atoms with E-state index < -0.39 is 0 Å². The Morgan fingerprint density at radius 2 is 2.19 bits per heavy atom. The number of aliphatic hydroxyl groups is 1. The van der Waals surface area contributed by atoms with Crippen molar-refractivity contribution in [1.82, 2.24) is 0 Å². The second-order valence-electron chi connectivity index (χ2n) is 3.48. The molecule has 0 unspecified atom stereocenters. The minimum Gasteiger partial charge on any atom is -0.494 e. The van der Waals surface area contributed by atoms with E-state index in [1.54, 1.807) is 0 Å². The summed E-state index contributed by atoms with van der Waals surface area (Å²) in [5, 5.41) is 8.72. The first kappa shape index (κ1) is 15.2. The maximum atomic E-state index is 8.72. The number of rotatable bonds is 6. The molecule has 4 heteroatoms. The van der Waals surface area contributed by atoms with E-state index in [4.69, 9.17) is 15.6 Å². The largest absolute Gasteiger partial charge is 0.494 e. The van der Waals surface area contributed by atoms with Crippen LogP contribution in [0.4, 0.5) is 0 Å². The van der Waals surface area contributed by atoms with Gasteiger partial charge in [0.15, 0.2) is 0 Å². The first-order valence-electron chi connectivity index (χ1n) is 5.37. The summed E-state index contributed by atoms with van der Waals surface area (Å²) >= 11 is 0.